The van der Waals surface area contributed by atoms with Crippen LogP contribution in [0.2, 0.25) is 0 Å². The van der Waals surface area contributed by atoms with Crippen LogP contribution >= 0.6 is 0 Å². The van der Waals surface area contributed by atoms with Crippen LogP contribution in [0.15, 0.2) is 0 Å². The Labute approximate surface area is 118 Å². The number of carboxylic acids is 1. The number of hydrogen-bond acceptors (Lipinski definition) is 4. The molecule has 6 nitrogen and oxygen atoms in total. The van der Waals surface area contributed by atoms with Gasteiger partial charge in [-0.25, -0.2) is 0 Å². The summed E-state index contributed by atoms with van der Waals surface area (Å²) in [6.07, 6.45) is 1.88. The molecule has 3 fully saturated rings. The SMILES string of the molecule is CC1(C)C2OCCCC2C1(N)C(=O)N1CC(C(=O)O)C1. The second-order valence-electron chi connectivity index (χ2n) is 6.88. The Kier molecular flexibility index (Phi) is 2.89. The number of carbonyl (C=O) groups excluding carboxylic acids is 1. The first-order valence-electron chi connectivity index (χ1n) is 7.23. The number of carbonyl (C=O) groups is 2. The molecule has 0 spiro atoms. The van der Waals surface area contributed by atoms with Crippen LogP contribution in [-0.2, 0) is 14.3 Å². The molecule has 0 radical (unpaired) electrons. The molecule has 6 heteroatoms. The van der Waals surface area contributed by atoms with Crippen molar-refractivity contribution < 1.29 is 19.4 Å². The van der Waals surface area contributed by atoms with Crippen LogP contribution in [0.4, 0.5) is 0 Å². The highest BCUT2D eigenvalue weighted by Crippen LogP contribution is 2.58. The van der Waals surface area contributed by atoms with Crippen LogP contribution in [0.5, 0.6) is 0 Å². The lowest BCUT2D eigenvalue weighted by atomic mass is 9.46. The van der Waals surface area contributed by atoms with E-state index in [0.29, 0.717) is 0 Å². The Balaban J connectivity index is 1.75. The van der Waals surface area contributed by atoms with Gasteiger partial charge in [-0.15, -0.1) is 0 Å². The maximum Gasteiger partial charge on any atom is 0.310 e. The number of likely N-dealkylation sites (tertiary alicyclic amines) is 1. The summed E-state index contributed by atoms with van der Waals surface area (Å²) in [5.74, 6) is -1.33. The summed E-state index contributed by atoms with van der Waals surface area (Å²) in [6, 6.07) is 0. The van der Waals surface area contributed by atoms with Crippen molar-refractivity contribution >= 4 is 11.9 Å². The first kappa shape index (κ1) is 13.8. The molecule has 3 atom stereocenters. The average Bonchev–Trinajstić information content (AvgIpc) is 2.35. The quantitative estimate of drug-likeness (QED) is 0.747. The molecule has 3 rings (SSSR count). The lowest BCUT2D eigenvalue weighted by Crippen LogP contribution is -2.83. The fourth-order valence-corrected chi connectivity index (χ4v) is 4.07. The van der Waals surface area contributed by atoms with Crippen LogP contribution in [0.1, 0.15) is 26.7 Å². The van der Waals surface area contributed by atoms with Crippen LogP contribution in [-0.4, -0.2) is 53.2 Å². The number of aliphatic carboxylic acids is 1. The van der Waals surface area contributed by atoms with Crippen molar-refractivity contribution in [2.75, 3.05) is 19.7 Å². The zero-order valence-electron chi connectivity index (χ0n) is 12.0. The van der Waals surface area contributed by atoms with Gasteiger partial charge in [-0.1, -0.05) is 13.8 Å². The number of hydrogen-bond donors (Lipinski definition) is 2. The van der Waals surface area contributed by atoms with Gasteiger partial charge >= 0.3 is 5.97 Å². The first-order valence-corrected chi connectivity index (χ1v) is 7.23. The molecule has 1 saturated carbocycles. The van der Waals surface area contributed by atoms with Gasteiger partial charge in [-0.3, -0.25) is 9.59 Å². The molecular formula is C14H22N2O4. The third-order valence-electron chi connectivity index (χ3n) is 5.56. The number of nitrogens with two attached hydrogens (primary N) is 1. The Morgan fingerprint density at radius 2 is 2.00 bits per heavy atom. The summed E-state index contributed by atoms with van der Waals surface area (Å²) < 4.78 is 5.78. The summed E-state index contributed by atoms with van der Waals surface area (Å²) in [5.41, 5.74) is 5.18. The van der Waals surface area contributed by atoms with E-state index in [1.165, 1.54) is 0 Å². The van der Waals surface area contributed by atoms with E-state index in [1.54, 1.807) is 4.90 Å². The Morgan fingerprint density at radius 1 is 1.35 bits per heavy atom. The van der Waals surface area contributed by atoms with E-state index >= 15 is 0 Å². The van der Waals surface area contributed by atoms with Gasteiger partial charge in [0.15, 0.2) is 0 Å². The highest BCUT2D eigenvalue weighted by Gasteiger charge is 2.71. The minimum Gasteiger partial charge on any atom is -0.481 e. The monoisotopic (exact) mass is 282 g/mol. The summed E-state index contributed by atoms with van der Waals surface area (Å²) in [6.45, 7) is 5.25. The van der Waals surface area contributed by atoms with Crippen molar-refractivity contribution in [3.05, 3.63) is 0 Å². The standard InChI is InChI=1S/C14H22N2O4/c1-13(2)10-9(4-3-5-20-10)14(13,15)12(19)16-6-8(7-16)11(17)18/h8-10H,3-7,15H2,1-2H3,(H,17,18). The van der Waals surface area contributed by atoms with Crippen LogP contribution in [0.25, 0.3) is 0 Å². The van der Waals surface area contributed by atoms with Gasteiger partial charge in [-0.2, -0.15) is 0 Å². The molecule has 112 valence electrons. The smallest absolute Gasteiger partial charge is 0.310 e. The molecule has 0 aromatic carbocycles. The molecule has 2 aliphatic heterocycles. The predicted molar refractivity (Wildman–Crippen MR) is 70.9 cm³/mol. The maximum absolute atomic E-state index is 12.7. The minimum atomic E-state index is -0.915. The molecule has 0 bridgehead atoms. The van der Waals surface area contributed by atoms with Gasteiger partial charge in [-0.05, 0) is 12.8 Å². The zero-order chi connectivity index (χ0) is 14.7. The van der Waals surface area contributed by atoms with Gasteiger partial charge in [0, 0.05) is 31.0 Å². The first-order chi connectivity index (χ1) is 9.30. The topological polar surface area (TPSA) is 92.9 Å². The van der Waals surface area contributed by atoms with Crippen molar-refractivity contribution in [1.29, 1.82) is 0 Å². The molecule has 0 aromatic rings. The number of amides is 1. The third-order valence-corrected chi connectivity index (χ3v) is 5.56. The summed E-state index contributed by atoms with van der Waals surface area (Å²) >= 11 is 0. The van der Waals surface area contributed by atoms with E-state index in [0.717, 1.165) is 19.4 Å². The molecular weight excluding hydrogens is 260 g/mol. The number of ether oxygens (including phenoxy) is 1. The number of fused-ring (bicyclic) bond motifs is 1. The minimum absolute atomic E-state index is 0.0433. The zero-order valence-corrected chi connectivity index (χ0v) is 12.0. The van der Waals surface area contributed by atoms with E-state index in [-0.39, 0.29) is 31.0 Å². The van der Waals surface area contributed by atoms with Crippen molar-refractivity contribution in [2.24, 2.45) is 23.0 Å². The number of nitrogens with zero attached hydrogens (tertiary/aromatic N) is 1. The molecule has 1 aliphatic carbocycles. The Hall–Kier alpha value is -1.14. The van der Waals surface area contributed by atoms with Crippen molar-refractivity contribution in [3.8, 4) is 0 Å². The van der Waals surface area contributed by atoms with E-state index < -0.39 is 22.8 Å². The molecule has 3 N–H and O–H groups in total. The maximum atomic E-state index is 12.7. The lowest BCUT2D eigenvalue weighted by molar-refractivity contribution is -0.232. The second kappa shape index (κ2) is 4.18. The fourth-order valence-electron chi connectivity index (χ4n) is 4.07. The average molecular weight is 282 g/mol. The molecule has 2 heterocycles. The molecule has 1 amide bonds. The van der Waals surface area contributed by atoms with Gasteiger partial charge in [0.2, 0.25) is 5.91 Å². The van der Waals surface area contributed by atoms with E-state index in [2.05, 4.69) is 0 Å². The summed E-state index contributed by atoms with van der Waals surface area (Å²) in [5, 5.41) is 8.91. The van der Waals surface area contributed by atoms with E-state index in [4.69, 9.17) is 15.6 Å². The predicted octanol–water partition coefficient (Wildman–Crippen LogP) is 0.0619. The largest absolute Gasteiger partial charge is 0.481 e. The molecule has 3 unspecified atom stereocenters. The highest BCUT2D eigenvalue weighted by molar-refractivity contribution is 5.91. The van der Waals surface area contributed by atoms with Crippen LogP contribution in [0.3, 0.4) is 0 Å². The summed E-state index contributed by atoms with van der Waals surface area (Å²) in [7, 11) is 0. The van der Waals surface area contributed by atoms with Gasteiger partial charge < -0.3 is 20.5 Å². The van der Waals surface area contributed by atoms with Crippen LogP contribution < -0.4 is 5.73 Å². The van der Waals surface area contributed by atoms with Gasteiger partial charge in [0.1, 0.15) is 5.54 Å². The Bertz CT molecular complexity index is 458. The van der Waals surface area contributed by atoms with E-state index in [9.17, 15) is 9.59 Å². The van der Waals surface area contributed by atoms with Crippen LogP contribution in [0, 0.1) is 17.3 Å². The molecule has 20 heavy (non-hydrogen) atoms. The van der Waals surface area contributed by atoms with Crippen molar-refractivity contribution in [3.63, 3.8) is 0 Å². The fraction of sp³-hybridized carbons (Fsp3) is 0.857. The van der Waals surface area contributed by atoms with Gasteiger partial charge in [0.25, 0.3) is 0 Å². The number of rotatable bonds is 2. The highest BCUT2D eigenvalue weighted by atomic mass is 16.5. The summed E-state index contributed by atoms with van der Waals surface area (Å²) in [4.78, 5) is 25.2. The Morgan fingerprint density at radius 3 is 2.60 bits per heavy atom. The number of carboxylic acid groups (broad SMARTS) is 1. The van der Waals surface area contributed by atoms with Crippen molar-refractivity contribution in [2.45, 2.75) is 38.3 Å². The third kappa shape index (κ3) is 1.52. The van der Waals surface area contributed by atoms with Gasteiger partial charge in [0.05, 0.1) is 12.0 Å². The molecule has 3 aliphatic rings. The second-order valence-corrected chi connectivity index (χ2v) is 6.88. The normalized spacial score (nSPS) is 39.5. The molecule has 0 aromatic heterocycles. The lowest BCUT2D eigenvalue weighted by Gasteiger charge is -2.66. The van der Waals surface area contributed by atoms with Crippen molar-refractivity contribution in [1.82, 2.24) is 4.90 Å². The van der Waals surface area contributed by atoms with E-state index in [1.807, 2.05) is 13.8 Å². The molecule has 2 saturated heterocycles.